The Labute approximate surface area is 146 Å². The van der Waals surface area contributed by atoms with Crippen LogP contribution in [0.5, 0.6) is 0 Å². The predicted octanol–water partition coefficient (Wildman–Crippen LogP) is 2.99. The number of furan rings is 1. The van der Waals surface area contributed by atoms with Gasteiger partial charge in [0.2, 0.25) is 0 Å². The molecular weight excluding hydrogens is 376 g/mol. The van der Waals surface area contributed by atoms with E-state index in [2.05, 4.69) is 36.8 Å². The molecule has 9 heteroatoms. The van der Waals surface area contributed by atoms with E-state index in [4.69, 9.17) is 4.42 Å². The third kappa shape index (κ3) is 3.62. The van der Waals surface area contributed by atoms with Crippen LogP contribution in [-0.4, -0.2) is 38.2 Å². The third-order valence-corrected chi connectivity index (χ3v) is 3.85. The van der Waals surface area contributed by atoms with Crippen molar-refractivity contribution in [1.29, 1.82) is 0 Å². The second-order valence-corrected chi connectivity index (χ2v) is 6.03. The van der Waals surface area contributed by atoms with Crippen LogP contribution in [0.1, 0.15) is 11.3 Å². The molecule has 2 heterocycles. The van der Waals surface area contributed by atoms with Crippen LogP contribution in [0.15, 0.2) is 45.7 Å². The number of hydrogen-bond donors (Lipinski definition) is 1. The number of aryl methyl sites for hydroxylation is 1. The van der Waals surface area contributed by atoms with E-state index >= 15 is 0 Å². The topological polar surface area (TPSA) is 89.1 Å². The summed E-state index contributed by atoms with van der Waals surface area (Å²) < 4.78 is 7.59. The largest absolute Gasteiger partial charge is 0.452 e. The number of hydrogen-bond acceptors (Lipinski definition) is 5. The molecule has 124 valence electrons. The fraction of sp³-hybridized carbons (Fsp3) is 0.200. The van der Waals surface area contributed by atoms with Gasteiger partial charge in [-0.2, -0.15) is 0 Å². The summed E-state index contributed by atoms with van der Waals surface area (Å²) in [4.78, 5) is 13.9. The number of anilines is 1. The van der Waals surface area contributed by atoms with Crippen molar-refractivity contribution in [3.8, 4) is 5.69 Å². The maximum Gasteiger partial charge on any atom is 0.321 e. The molecule has 1 N–H and O–H groups in total. The molecule has 0 aliphatic heterocycles. The number of rotatable bonds is 4. The van der Waals surface area contributed by atoms with Crippen LogP contribution in [0, 0.1) is 6.92 Å². The fourth-order valence-corrected chi connectivity index (χ4v) is 2.51. The first-order valence-corrected chi connectivity index (χ1v) is 7.92. The second kappa shape index (κ2) is 6.83. The Hall–Kier alpha value is -2.68. The first-order chi connectivity index (χ1) is 11.5. The molecule has 0 aliphatic carbocycles. The first-order valence-electron chi connectivity index (χ1n) is 7.13. The summed E-state index contributed by atoms with van der Waals surface area (Å²) in [5.41, 5.74) is 2.45. The number of aromatic nitrogens is 4. The average molecular weight is 391 g/mol. The zero-order chi connectivity index (χ0) is 17.1. The van der Waals surface area contributed by atoms with Crippen LogP contribution in [0.3, 0.4) is 0 Å². The molecule has 24 heavy (non-hydrogen) atoms. The van der Waals surface area contributed by atoms with Crippen molar-refractivity contribution in [3.63, 3.8) is 0 Å². The number of nitrogens with zero attached hydrogens (tertiary/aromatic N) is 5. The molecule has 8 nitrogen and oxygen atoms in total. The van der Waals surface area contributed by atoms with E-state index in [9.17, 15) is 4.79 Å². The van der Waals surface area contributed by atoms with E-state index in [1.54, 1.807) is 17.8 Å². The van der Waals surface area contributed by atoms with E-state index in [0.29, 0.717) is 22.7 Å². The van der Waals surface area contributed by atoms with Crippen molar-refractivity contribution in [2.45, 2.75) is 13.5 Å². The molecule has 2 amide bonds. The minimum atomic E-state index is -0.242. The molecule has 0 radical (unpaired) electrons. The molecule has 0 aliphatic rings. The van der Waals surface area contributed by atoms with E-state index < -0.39 is 0 Å². The van der Waals surface area contributed by atoms with Gasteiger partial charge in [0.1, 0.15) is 12.1 Å². The van der Waals surface area contributed by atoms with Crippen molar-refractivity contribution in [1.82, 2.24) is 25.1 Å². The zero-order valence-corrected chi connectivity index (χ0v) is 14.7. The lowest BCUT2D eigenvalue weighted by Gasteiger charge is -2.17. The quantitative estimate of drug-likeness (QED) is 0.739. The Bertz CT molecular complexity index is 846. The lowest BCUT2D eigenvalue weighted by molar-refractivity contribution is 0.216. The smallest absolute Gasteiger partial charge is 0.321 e. The molecule has 0 bridgehead atoms. The Kier molecular flexibility index (Phi) is 4.61. The van der Waals surface area contributed by atoms with Crippen LogP contribution in [0.2, 0.25) is 0 Å². The molecule has 3 aromatic rings. The molecule has 0 spiro atoms. The van der Waals surface area contributed by atoms with Crippen molar-refractivity contribution >= 4 is 27.6 Å². The number of benzene rings is 1. The standard InChI is InChI=1S/C15H15BrN6O2/c1-10-3-4-11(7-13(10)22-9-17-19-20-22)18-15(23)21(2)8-12-5-6-14(16)24-12/h3-7,9H,8H2,1-2H3,(H,18,23). The maximum atomic E-state index is 12.3. The van der Waals surface area contributed by atoms with Gasteiger partial charge >= 0.3 is 6.03 Å². The van der Waals surface area contributed by atoms with Gasteiger partial charge in [0.15, 0.2) is 4.67 Å². The number of amides is 2. The van der Waals surface area contributed by atoms with E-state index in [1.807, 2.05) is 31.2 Å². The summed E-state index contributed by atoms with van der Waals surface area (Å²) in [6.45, 7) is 2.31. The van der Waals surface area contributed by atoms with Crippen molar-refractivity contribution in [3.05, 3.63) is 52.7 Å². The third-order valence-electron chi connectivity index (χ3n) is 3.42. The Morgan fingerprint density at radius 3 is 2.88 bits per heavy atom. The van der Waals surface area contributed by atoms with E-state index in [-0.39, 0.29) is 6.03 Å². The minimum absolute atomic E-state index is 0.242. The molecule has 0 saturated heterocycles. The summed E-state index contributed by atoms with van der Waals surface area (Å²) in [7, 11) is 1.70. The fourth-order valence-electron chi connectivity index (χ4n) is 2.17. The molecular formula is C15H15BrN6O2. The van der Waals surface area contributed by atoms with Crippen LogP contribution in [0.4, 0.5) is 10.5 Å². The second-order valence-electron chi connectivity index (χ2n) is 5.25. The predicted molar refractivity (Wildman–Crippen MR) is 90.8 cm³/mol. The SMILES string of the molecule is Cc1ccc(NC(=O)N(C)Cc2ccc(Br)o2)cc1-n1cnnn1. The Morgan fingerprint density at radius 2 is 2.21 bits per heavy atom. The summed E-state index contributed by atoms with van der Waals surface area (Å²) in [5, 5.41) is 14.0. The first kappa shape index (κ1) is 16.2. The van der Waals surface area contributed by atoms with Gasteiger partial charge in [-0.1, -0.05) is 6.07 Å². The molecule has 1 aromatic carbocycles. The number of halogens is 1. The highest BCUT2D eigenvalue weighted by molar-refractivity contribution is 9.10. The van der Waals surface area contributed by atoms with Crippen molar-refractivity contribution < 1.29 is 9.21 Å². The van der Waals surface area contributed by atoms with Gasteiger partial charge in [-0.3, -0.25) is 0 Å². The van der Waals surface area contributed by atoms with E-state index in [0.717, 1.165) is 11.3 Å². The summed E-state index contributed by atoms with van der Waals surface area (Å²) in [6.07, 6.45) is 1.51. The number of tetrazole rings is 1. The number of carbonyl (C=O) groups excluding carboxylic acids is 1. The lowest BCUT2D eigenvalue weighted by Crippen LogP contribution is -2.30. The molecule has 3 rings (SSSR count). The zero-order valence-electron chi connectivity index (χ0n) is 13.1. The van der Waals surface area contributed by atoms with Crippen LogP contribution >= 0.6 is 15.9 Å². The molecule has 0 saturated carbocycles. The normalized spacial score (nSPS) is 10.6. The van der Waals surface area contributed by atoms with Crippen molar-refractivity contribution in [2.24, 2.45) is 0 Å². The number of carbonyl (C=O) groups is 1. The highest BCUT2D eigenvalue weighted by Gasteiger charge is 2.13. The van der Waals surface area contributed by atoms with Gasteiger partial charge in [-0.25, -0.2) is 9.48 Å². The van der Waals surface area contributed by atoms with Gasteiger partial charge in [0.05, 0.1) is 12.2 Å². The van der Waals surface area contributed by atoms with Gasteiger partial charge < -0.3 is 14.6 Å². The molecule has 0 atom stereocenters. The van der Waals surface area contributed by atoms with Crippen molar-refractivity contribution in [2.75, 3.05) is 12.4 Å². The molecule has 0 unspecified atom stereocenters. The maximum absolute atomic E-state index is 12.3. The number of nitrogens with one attached hydrogen (secondary N) is 1. The summed E-state index contributed by atoms with van der Waals surface area (Å²) in [5.74, 6) is 0.692. The van der Waals surface area contributed by atoms with Crippen LogP contribution < -0.4 is 5.32 Å². The highest BCUT2D eigenvalue weighted by Crippen LogP contribution is 2.19. The van der Waals surface area contributed by atoms with Gasteiger partial charge in [-0.05, 0) is 63.1 Å². The lowest BCUT2D eigenvalue weighted by atomic mass is 10.2. The monoisotopic (exact) mass is 390 g/mol. The van der Waals surface area contributed by atoms with Crippen LogP contribution in [0.25, 0.3) is 5.69 Å². The van der Waals surface area contributed by atoms with Gasteiger partial charge in [0.25, 0.3) is 0 Å². The molecule has 0 fully saturated rings. The van der Waals surface area contributed by atoms with Gasteiger partial charge in [0, 0.05) is 12.7 Å². The molecule has 2 aromatic heterocycles. The Morgan fingerprint density at radius 1 is 1.38 bits per heavy atom. The number of urea groups is 1. The Balaban J connectivity index is 1.71. The van der Waals surface area contributed by atoms with Gasteiger partial charge in [-0.15, -0.1) is 5.10 Å². The summed E-state index contributed by atoms with van der Waals surface area (Å²) in [6, 6.07) is 8.92. The van der Waals surface area contributed by atoms with Crippen LogP contribution in [-0.2, 0) is 6.54 Å². The van der Waals surface area contributed by atoms with E-state index in [1.165, 1.54) is 11.2 Å². The summed E-state index contributed by atoms with van der Waals surface area (Å²) >= 11 is 3.24. The highest BCUT2D eigenvalue weighted by atomic mass is 79.9. The average Bonchev–Trinajstić information content (AvgIpc) is 3.21. The minimum Gasteiger partial charge on any atom is -0.452 e.